The average molecular weight is 225 g/mol. The molecule has 0 fully saturated rings. The van der Waals surface area contributed by atoms with Crippen molar-refractivity contribution in [2.24, 2.45) is 0 Å². The summed E-state index contributed by atoms with van der Waals surface area (Å²) in [4.78, 5) is 15.8. The zero-order valence-corrected chi connectivity index (χ0v) is 9.40. The second-order valence-electron chi connectivity index (χ2n) is 3.71. The summed E-state index contributed by atoms with van der Waals surface area (Å²) in [6.45, 7) is 1.87. The number of para-hydroxylation sites is 1. The van der Waals surface area contributed by atoms with Crippen molar-refractivity contribution in [2.75, 3.05) is 5.32 Å². The lowest BCUT2D eigenvalue weighted by Gasteiger charge is -2.08. The molecule has 17 heavy (non-hydrogen) atoms. The van der Waals surface area contributed by atoms with E-state index >= 15 is 0 Å². The van der Waals surface area contributed by atoms with E-state index in [1.165, 1.54) is 0 Å². The van der Waals surface area contributed by atoms with E-state index in [-0.39, 0.29) is 12.3 Å². The quantitative estimate of drug-likeness (QED) is 0.853. The summed E-state index contributed by atoms with van der Waals surface area (Å²) in [6, 6.07) is 11.2. The summed E-state index contributed by atoms with van der Waals surface area (Å²) >= 11 is 0. The van der Waals surface area contributed by atoms with Gasteiger partial charge in [0.1, 0.15) is 6.42 Å². The van der Waals surface area contributed by atoms with Gasteiger partial charge in [0.25, 0.3) is 0 Å². The number of hydrogen-bond acceptors (Lipinski definition) is 3. The highest BCUT2D eigenvalue weighted by molar-refractivity contribution is 6.01. The predicted octanol–water partition coefficient (Wildman–Crippen LogP) is 2.40. The number of carbonyl (C=O) groups excluding carboxylic acids is 1. The minimum Gasteiger partial charge on any atom is -0.324 e. The SMILES string of the molecule is Cc1cc(NC(=O)CC#N)c2ccccc2n1. The van der Waals surface area contributed by atoms with Gasteiger partial charge in [-0.15, -0.1) is 0 Å². The van der Waals surface area contributed by atoms with Crippen LogP contribution < -0.4 is 5.32 Å². The van der Waals surface area contributed by atoms with E-state index in [0.29, 0.717) is 5.69 Å². The molecule has 0 aliphatic carbocycles. The van der Waals surface area contributed by atoms with Gasteiger partial charge < -0.3 is 5.32 Å². The Labute approximate surface area is 98.9 Å². The molecule has 84 valence electrons. The maximum Gasteiger partial charge on any atom is 0.238 e. The van der Waals surface area contributed by atoms with Crippen LogP contribution >= 0.6 is 0 Å². The molecule has 0 aliphatic heterocycles. The molecule has 1 N–H and O–H groups in total. The maximum absolute atomic E-state index is 11.4. The number of amides is 1. The highest BCUT2D eigenvalue weighted by Crippen LogP contribution is 2.22. The fourth-order valence-electron chi connectivity index (χ4n) is 1.68. The monoisotopic (exact) mass is 225 g/mol. The number of aromatic nitrogens is 1. The van der Waals surface area contributed by atoms with Gasteiger partial charge in [-0.25, -0.2) is 0 Å². The first kappa shape index (κ1) is 11.1. The number of nitrogens with one attached hydrogen (secondary N) is 1. The van der Waals surface area contributed by atoms with Crippen LogP contribution in [0.2, 0.25) is 0 Å². The number of pyridine rings is 1. The molecule has 0 atom stereocenters. The lowest BCUT2D eigenvalue weighted by molar-refractivity contribution is -0.115. The van der Waals surface area contributed by atoms with E-state index in [9.17, 15) is 4.79 Å². The van der Waals surface area contributed by atoms with Gasteiger partial charge in [-0.05, 0) is 19.1 Å². The molecule has 2 aromatic rings. The Hall–Kier alpha value is -2.41. The fraction of sp³-hybridized carbons (Fsp3) is 0.154. The average Bonchev–Trinajstić information content (AvgIpc) is 2.29. The molecule has 1 aromatic heterocycles. The molecule has 0 unspecified atom stereocenters. The number of fused-ring (bicyclic) bond motifs is 1. The molecule has 0 radical (unpaired) electrons. The first-order chi connectivity index (χ1) is 8.20. The zero-order chi connectivity index (χ0) is 12.3. The Kier molecular flexibility index (Phi) is 3.01. The molecule has 0 saturated heterocycles. The van der Waals surface area contributed by atoms with Crippen molar-refractivity contribution >= 4 is 22.5 Å². The fourth-order valence-corrected chi connectivity index (χ4v) is 1.68. The molecule has 4 nitrogen and oxygen atoms in total. The van der Waals surface area contributed by atoms with Gasteiger partial charge >= 0.3 is 0 Å². The van der Waals surface area contributed by atoms with Crippen molar-refractivity contribution in [3.8, 4) is 6.07 Å². The molecule has 0 spiro atoms. The Morgan fingerprint density at radius 2 is 2.24 bits per heavy atom. The van der Waals surface area contributed by atoms with Gasteiger partial charge in [-0.3, -0.25) is 9.78 Å². The van der Waals surface area contributed by atoms with E-state index < -0.39 is 0 Å². The summed E-state index contributed by atoms with van der Waals surface area (Å²) in [7, 11) is 0. The smallest absolute Gasteiger partial charge is 0.238 e. The second kappa shape index (κ2) is 4.62. The van der Waals surface area contributed by atoms with Crippen LogP contribution in [0.5, 0.6) is 0 Å². The van der Waals surface area contributed by atoms with Crippen LogP contribution in [-0.2, 0) is 4.79 Å². The summed E-state index contributed by atoms with van der Waals surface area (Å²) in [5, 5.41) is 12.1. The Balaban J connectivity index is 2.46. The molecule has 1 amide bonds. The second-order valence-corrected chi connectivity index (χ2v) is 3.71. The summed E-state index contributed by atoms with van der Waals surface area (Å²) < 4.78 is 0. The summed E-state index contributed by atoms with van der Waals surface area (Å²) in [5.74, 6) is -0.303. The minimum absolute atomic E-state index is 0.143. The Morgan fingerprint density at radius 3 is 3.00 bits per heavy atom. The van der Waals surface area contributed by atoms with Crippen LogP contribution in [0, 0.1) is 18.3 Å². The number of carbonyl (C=O) groups is 1. The number of aryl methyl sites for hydroxylation is 1. The topological polar surface area (TPSA) is 65.8 Å². The standard InChI is InChI=1S/C13H11N3O/c1-9-8-12(16-13(17)6-7-14)10-4-2-3-5-11(10)15-9/h2-5,8H,6H2,1H3,(H,15,16,17). The third-order valence-corrected chi connectivity index (χ3v) is 2.36. The Morgan fingerprint density at radius 1 is 1.47 bits per heavy atom. The number of nitrogens with zero attached hydrogens (tertiary/aromatic N) is 2. The molecule has 4 heteroatoms. The number of rotatable bonds is 2. The van der Waals surface area contributed by atoms with Crippen LogP contribution in [0.1, 0.15) is 12.1 Å². The van der Waals surface area contributed by atoms with E-state index in [2.05, 4.69) is 10.3 Å². The van der Waals surface area contributed by atoms with Crippen LogP contribution in [0.25, 0.3) is 10.9 Å². The zero-order valence-electron chi connectivity index (χ0n) is 9.40. The highest BCUT2D eigenvalue weighted by atomic mass is 16.1. The van der Waals surface area contributed by atoms with Gasteiger partial charge in [0.2, 0.25) is 5.91 Å². The molecule has 0 bridgehead atoms. The van der Waals surface area contributed by atoms with Gasteiger partial charge in [0.05, 0.1) is 17.3 Å². The maximum atomic E-state index is 11.4. The largest absolute Gasteiger partial charge is 0.324 e. The summed E-state index contributed by atoms with van der Waals surface area (Å²) in [6.07, 6.45) is -0.143. The summed E-state index contributed by atoms with van der Waals surface area (Å²) in [5.41, 5.74) is 2.36. The molecule has 0 saturated carbocycles. The van der Waals surface area contributed by atoms with E-state index in [1.54, 1.807) is 6.07 Å². The molecular formula is C13H11N3O. The van der Waals surface area contributed by atoms with E-state index in [4.69, 9.17) is 5.26 Å². The number of hydrogen-bond donors (Lipinski definition) is 1. The van der Waals surface area contributed by atoms with Gasteiger partial charge in [0, 0.05) is 11.1 Å². The third-order valence-electron chi connectivity index (χ3n) is 2.36. The molecule has 2 rings (SSSR count). The highest BCUT2D eigenvalue weighted by Gasteiger charge is 2.06. The molecule has 1 aromatic carbocycles. The van der Waals surface area contributed by atoms with Gasteiger partial charge in [0.15, 0.2) is 0 Å². The van der Waals surface area contributed by atoms with Crippen LogP contribution in [0.3, 0.4) is 0 Å². The third kappa shape index (κ3) is 2.40. The van der Waals surface area contributed by atoms with Crippen molar-refractivity contribution in [2.45, 2.75) is 13.3 Å². The first-order valence-corrected chi connectivity index (χ1v) is 5.24. The minimum atomic E-state index is -0.303. The van der Waals surface area contributed by atoms with Crippen molar-refractivity contribution in [1.82, 2.24) is 4.98 Å². The number of benzene rings is 1. The van der Waals surface area contributed by atoms with Crippen LogP contribution in [-0.4, -0.2) is 10.9 Å². The van der Waals surface area contributed by atoms with E-state index in [0.717, 1.165) is 16.6 Å². The molecule has 0 aliphatic rings. The lowest BCUT2D eigenvalue weighted by atomic mass is 10.1. The predicted molar refractivity (Wildman–Crippen MR) is 65.3 cm³/mol. The van der Waals surface area contributed by atoms with Crippen molar-refractivity contribution in [3.05, 3.63) is 36.0 Å². The van der Waals surface area contributed by atoms with Crippen molar-refractivity contribution in [1.29, 1.82) is 5.26 Å². The van der Waals surface area contributed by atoms with Crippen molar-refractivity contribution < 1.29 is 4.79 Å². The Bertz CT molecular complexity index is 614. The lowest BCUT2D eigenvalue weighted by Crippen LogP contribution is -2.10. The van der Waals surface area contributed by atoms with Crippen LogP contribution in [0.4, 0.5) is 5.69 Å². The number of nitriles is 1. The van der Waals surface area contributed by atoms with Crippen molar-refractivity contribution in [3.63, 3.8) is 0 Å². The van der Waals surface area contributed by atoms with Gasteiger partial charge in [-0.2, -0.15) is 5.26 Å². The number of anilines is 1. The van der Waals surface area contributed by atoms with Gasteiger partial charge in [-0.1, -0.05) is 18.2 Å². The van der Waals surface area contributed by atoms with Crippen LogP contribution in [0.15, 0.2) is 30.3 Å². The molecule has 1 heterocycles. The first-order valence-electron chi connectivity index (χ1n) is 5.24. The van der Waals surface area contributed by atoms with E-state index in [1.807, 2.05) is 37.3 Å². The normalized spacial score (nSPS) is 9.88. The molecular weight excluding hydrogens is 214 g/mol.